The van der Waals surface area contributed by atoms with Gasteiger partial charge in [0, 0.05) is 24.4 Å². The molecule has 0 aromatic carbocycles. The third-order valence-corrected chi connectivity index (χ3v) is 30.9. The Morgan fingerprint density at radius 2 is 0.926 bits per heavy atom. The topological polar surface area (TPSA) is 181 Å². The van der Waals surface area contributed by atoms with Crippen LogP contribution in [0.3, 0.4) is 0 Å². The van der Waals surface area contributed by atoms with Crippen LogP contribution in [-0.2, 0) is 66.5 Å². The van der Waals surface area contributed by atoms with Crippen molar-refractivity contribution in [3.63, 3.8) is 0 Å². The van der Waals surface area contributed by atoms with E-state index in [1.165, 1.54) is 51.4 Å². The van der Waals surface area contributed by atoms with Gasteiger partial charge in [-0.25, -0.2) is 0 Å². The van der Waals surface area contributed by atoms with E-state index in [4.69, 9.17) is 47.4 Å². The number of carbonyl (C=O) groups is 4. The van der Waals surface area contributed by atoms with Gasteiger partial charge in [-0.3, -0.25) is 19.2 Å². The largest absolute Gasteiger partial charge is 0.465 e. The van der Waals surface area contributed by atoms with Crippen molar-refractivity contribution in [3.05, 3.63) is 0 Å². The van der Waals surface area contributed by atoms with Crippen LogP contribution in [0.4, 0.5) is 0 Å². The second-order valence-corrected chi connectivity index (χ2v) is 35.8. The van der Waals surface area contributed by atoms with Crippen LogP contribution >= 0.6 is 0 Å². The van der Waals surface area contributed by atoms with Crippen molar-refractivity contribution in [1.29, 1.82) is 0 Å². The van der Waals surface area contributed by atoms with E-state index in [9.17, 15) is 24.3 Å². The van der Waals surface area contributed by atoms with Gasteiger partial charge in [-0.1, -0.05) is 55.4 Å². The summed E-state index contributed by atoms with van der Waals surface area (Å²) in [5, 5.41) is 10.5. The summed E-state index contributed by atoms with van der Waals surface area (Å²) in [7, 11) is 0. The average Bonchev–Trinajstić information content (AvgIpc) is 1.63. The molecular formula is C79H124O15. The van der Waals surface area contributed by atoms with Crippen LogP contribution < -0.4 is 0 Å². The van der Waals surface area contributed by atoms with Crippen LogP contribution in [0.5, 0.6) is 0 Å². The lowest BCUT2D eigenvalue weighted by atomic mass is 9.73. The standard InChI is InChI=1S/C24H38O5.C19H30O4.C19H30O3.C17H26O3/c1-14-15(2)19-10-16(14)11-20(19)22(29-24-5-3-4-8-26-24)12-23(25)27-13-17-9-18-6-7-21(17)28-18;1-10-11(2)15-6-12(10)7-16(15)17(20)8-19(21)22-9-13-5-14-3-4-18(13)23-14;1-10-11(2)14-7-12(10)8-15(14)18(20)22-19(3,4)16-9-13-5-6-17(16)21-13;1-9-10(2)14-6-11(9)5-12(14)8-19-17(18)15-7-13-3-4-16(15)20-13/h14-22,24H,3-13H2,1-2H3;10-18,20H,3-9H2,1-2H3;10-17H,5-9H2,1-4H3;9-16H,3-8H2,1-2H3. The van der Waals surface area contributed by atoms with E-state index in [1.54, 1.807) is 0 Å². The van der Waals surface area contributed by atoms with Gasteiger partial charge in [0.1, 0.15) is 5.60 Å². The monoisotopic (exact) mass is 1310 g/mol. The summed E-state index contributed by atoms with van der Waals surface area (Å²) in [4.78, 5) is 49.9. The molecule has 15 heteroatoms. The smallest absolute Gasteiger partial charge is 0.311 e. The van der Waals surface area contributed by atoms with Gasteiger partial charge in [0.25, 0.3) is 0 Å². The molecule has 530 valence electrons. The normalized spacial score (nSPS) is 49.3. The van der Waals surface area contributed by atoms with Gasteiger partial charge in [0.05, 0.1) is 106 Å². The number of aliphatic hydroxyl groups excluding tert-OH is 1. The maximum Gasteiger partial charge on any atom is 0.311 e. The van der Waals surface area contributed by atoms with Crippen LogP contribution in [0.1, 0.15) is 230 Å². The predicted molar refractivity (Wildman–Crippen MR) is 353 cm³/mol. The fourth-order valence-corrected chi connectivity index (χ4v) is 24.5. The van der Waals surface area contributed by atoms with Crippen molar-refractivity contribution in [2.45, 2.75) is 303 Å². The van der Waals surface area contributed by atoms with Crippen molar-refractivity contribution in [2.75, 3.05) is 26.4 Å². The van der Waals surface area contributed by atoms with Crippen molar-refractivity contribution in [2.24, 2.45) is 142 Å². The molecule has 0 aromatic heterocycles. The summed E-state index contributed by atoms with van der Waals surface area (Å²) in [5.74, 6) is 14.3. The van der Waals surface area contributed by atoms with Gasteiger partial charge in [0.15, 0.2) is 6.29 Å². The first-order valence-corrected chi connectivity index (χ1v) is 39.4. The lowest BCUT2D eigenvalue weighted by molar-refractivity contribution is -0.208. The summed E-state index contributed by atoms with van der Waals surface area (Å²) in [6.45, 7) is 25.5. The van der Waals surface area contributed by atoms with Gasteiger partial charge >= 0.3 is 23.9 Å². The van der Waals surface area contributed by atoms with Gasteiger partial charge in [0.2, 0.25) is 0 Å². The molecule has 17 fully saturated rings. The van der Waals surface area contributed by atoms with Gasteiger partial charge in [-0.05, 0) is 274 Å². The third kappa shape index (κ3) is 14.1. The Balaban J connectivity index is 0.000000109. The van der Waals surface area contributed by atoms with Crippen LogP contribution in [0.25, 0.3) is 0 Å². The summed E-state index contributed by atoms with van der Waals surface area (Å²) in [5.41, 5.74) is -0.381. The molecule has 17 rings (SSSR count). The number of aliphatic hydroxyl groups is 1. The molecule has 0 aromatic rings. The third-order valence-electron chi connectivity index (χ3n) is 30.9. The Bertz CT molecular complexity index is 2620. The molecule has 16 bridgehead atoms. The van der Waals surface area contributed by atoms with E-state index in [-0.39, 0.29) is 66.2 Å². The van der Waals surface area contributed by atoms with E-state index < -0.39 is 6.10 Å². The van der Waals surface area contributed by atoms with Gasteiger partial charge in [-0.15, -0.1) is 0 Å². The molecule has 35 unspecified atom stereocenters. The Kier molecular flexibility index (Phi) is 20.9. The minimum atomic E-state index is -0.524. The molecular weight excluding hydrogens is 1190 g/mol. The van der Waals surface area contributed by atoms with Crippen molar-refractivity contribution >= 4 is 23.9 Å². The first kappa shape index (κ1) is 68.7. The van der Waals surface area contributed by atoms with E-state index in [0.29, 0.717) is 134 Å². The Hall–Kier alpha value is -2.40. The minimum absolute atomic E-state index is 0.0145. The molecule has 9 heterocycles. The number of fused-ring (bicyclic) bond motifs is 16. The van der Waals surface area contributed by atoms with Crippen LogP contribution in [0.15, 0.2) is 0 Å². The Morgan fingerprint density at radius 3 is 1.40 bits per heavy atom. The van der Waals surface area contributed by atoms with Crippen molar-refractivity contribution in [3.8, 4) is 0 Å². The van der Waals surface area contributed by atoms with Gasteiger partial charge < -0.3 is 52.5 Å². The number of carbonyl (C=O) groups excluding carboxylic acids is 4. The Morgan fingerprint density at radius 1 is 0.436 bits per heavy atom. The van der Waals surface area contributed by atoms with Crippen molar-refractivity contribution in [1.82, 2.24) is 0 Å². The fraction of sp³-hybridized carbons (Fsp3) is 0.949. The molecule has 94 heavy (non-hydrogen) atoms. The van der Waals surface area contributed by atoms with E-state index >= 15 is 0 Å². The highest BCUT2D eigenvalue weighted by Gasteiger charge is 2.57. The summed E-state index contributed by atoms with van der Waals surface area (Å²) < 4.78 is 58.7. The zero-order chi connectivity index (χ0) is 65.6. The first-order chi connectivity index (χ1) is 45.1. The first-order valence-electron chi connectivity index (χ1n) is 39.4. The molecule has 15 nitrogen and oxygen atoms in total. The maximum absolute atomic E-state index is 12.8. The Labute approximate surface area is 564 Å². The number of rotatable bonds is 18. The summed E-state index contributed by atoms with van der Waals surface area (Å²) in [6, 6.07) is 0. The van der Waals surface area contributed by atoms with E-state index in [0.717, 1.165) is 168 Å². The molecule has 0 radical (unpaired) electrons. The van der Waals surface area contributed by atoms with Crippen LogP contribution in [0, 0.1) is 142 Å². The molecule has 17 aliphatic rings. The molecule has 1 N–H and O–H groups in total. The highest BCUT2D eigenvalue weighted by molar-refractivity contribution is 5.74. The highest BCUT2D eigenvalue weighted by Crippen LogP contribution is 2.60. The second kappa shape index (κ2) is 28.6. The minimum Gasteiger partial charge on any atom is -0.465 e. The lowest BCUT2D eigenvalue weighted by Gasteiger charge is -2.38. The van der Waals surface area contributed by atoms with Crippen molar-refractivity contribution < 1.29 is 71.7 Å². The summed E-state index contributed by atoms with van der Waals surface area (Å²) >= 11 is 0. The predicted octanol–water partition coefficient (Wildman–Crippen LogP) is 13.9. The zero-order valence-corrected chi connectivity index (χ0v) is 59.4. The highest BCUT2D eigenvalue weighted by atomic mass is 16.7. The maximum atomic E-state index is 12.8. The average molecular weight is 1310 g/mol. The number of hydrogen-bond acceptors (Lipinski definition) is 15. The quantitative estimate of drug-likeness (QED) is 0.101. The van der Waals surface area contributed by atoms with Crippen LogP contribution in [-0.4, -0.2) is 128 Å². The summed E-state index contributed by atoms with van der Waals surface area (Å²) in [6.07, 6.45) is 28.5. The lowest BCUT2D eigenvalue weighted by Crippen LogP contribution is -2.44. The SMILES string of the molecule is CC1C2CC(C(=O)OC(C)(C)C3CC4CCC3O4)C(C2)C1C.CC1C2CC(C(CC(=O)OCC3CC4CCC3O4)OC3CCCCO3)C(C2)C1C.CC1C2CC(C(O)CC(=O)OCC3CC4CCC3O4)C(C2)C1C.CC1C2CC(COC(=O)C3CC4CCC3O4)C(C2)C1C. The molecule has 0 spiro atoms. The molecule has 8 aliphatic carbocycles. The van der Waals surface area contributed by atoms with Gasteiger partial charge in [-0.2, -0.15) is 0 Å². The van der Waals surface area contributed by atoms with E-state index in [1.807, 2.05) is 0 Å². The number of esters is 4. The molecule has 9 aliphatic heterocycles. The zero-order valence-electron chi connectivity index (χ0n) is 59.4. The van der Waals surface area contributed by atoms with Crippen LogP contribution in [0.2, 0.25) is 0 Å². The molecule has 9 saturated heterocycles. The molecule has 35 atom stereocenters. The van der Waals surface area contributed by atoms with E-state index in [2.05, 4.69) is 69.2 Å². The molecule has 8 saturated carbocycles. The number of hydrogen-bond donors (Lipinski definition) is 1. The second-order valence-electron chi connectivity index (χ2n) is 35.8. The molecule has 0 amide bonds. The fourth-order valence-electron chi connectivity index (χ4n) is 24.5. The number of ether oxygens (including phenoxy) is 10.